The molecule has 4 heterocycles. The molecule has 0 aliphatic carbocycles. The van der Waals surface area contributed by atoms with E-state index in [0.29, 0.717) is 12.8 Å². The topological polar surface area (TPSA) is 56.9 Å². The second-order valence-electron chi connectivity index (χ2n) is 9.14. The molecule has 31 heavy (non-hydrogen) atoms. The number of nitrogens with one attached hydrogen (secondary N) is 1. The van der Waals surface area contributed by atoms with Crippen LogP contribution in [-0.2, 0) is 19.5 Å². The number of nitrogens with zero attached hydrogens (tertiary/aromatic N) is 4. The van der Waals surface area contributed by atoms with Gasteiger partial charge in [-0.2, -0.15) is 0 Å². The fourth-order valence-electron chi connectivity index (χ4n) is 5.15. The number of aromatic amines is 1. The lowest BCUT2D eigenvalue weighted by Gasteiger charge is -2.43. The van der Waals surface area contributed by atoms with Gasteiger partial charge in [0.15, 0.2) is 11.5 Å². The van der Waals surface area contributed by atoms with Gasteiger partial charge in [0.05, 0.1) is 5.69 Å². The quantitative estimate of drug-likeness (QED) is 0.768. The highest BCUT2D eigenvalue weighted by Gasteiger charge is 2.28. The van der Waals surface area contributed by atoms with Crippen molar-refractivity contribution in [1.29, 1.82) is 0 Å². The number of benzene rings is 1. The molecule has 3 aliphatic rings. The third kappa shape index (κ3) is 4.73. The lowest BCUT2D eigenvalue weighted by atomic mass is 10.0. The predicted octanol–water partition coefficient (Wildman–Crippen LogP) is 2.79. The first-order valence-electron chi connectivity index (χ1n) is 11.8. The number of hydrogen-bond donors (Lipinski definition) is 1. The van der Waals surface area contributed by atoms with Crippen LogP contribution in [0.1, 0.15) is 42.5 Å². The average Bonchev–Trinajstić information content (AvgIpc) is 3.40. The lowest BCUT2D eigenvalue weighted by Crippen LogP contribution is -2.54. The molecule has 0 amide bonds. The van der Waals surface area contributed by atoms with Gasteiger partial charge in [0.25, 0.3) is 0 Å². The number of aryl methyl sites for hydroxylation is 2. The number of ether oxygens (including phenoxy) is 2. The van der Waals surface area contributed by atoms with E-state index in [2.05, 4.69) is 45.7 Å². The molecule has 7 nitrogen and oxygen atoms in total. The maximum Gasteiger partial charge on any atom is 0.231 e. The maximum absolute atomic E-state index is 5.53. The van der Waals surface area contributed by atoms with Crippen LogP contribution in [-0.4, -0.2) is 76.8 Å². The van der Waals surface area contributed by atoms with Gasteiger partial charge in [-0.25, -0.2) is 4.98 Å². The Labute approximate surface area is 185 Å². The van der Waals surface area contributed by atoms with Crippen LogP contribution in [0.5, 0.6) is 11.5 Å². The highest BCUT2D eigenvalue weighted by atomic mass is 16.7. The SMILES string of the molecule is CCc1nc(CN2CCC[C@H](N3CCN(Cc4ccc5c(c4)OCO5)CC3)C2)c(C)[nH]1. The zero-order valence-corrected chi connectivity index (χ0v) is 18.9. The van der Waals surface area contributed by atoms with E-state index in [1.54, 1.807) is 0 Å². The summed E-state index contributed by atoms with van der Waals surface area (Å²) in [4.78, 5) is 16.1. The Kier molecular flexibility index (Phi) is 6.16. The number of rotatable bonds is 6. The number of piperidine rings is 1. The Morgan fingerprint density at radius 2 is 1.87 bits per heavy atom. The largest absolute Gasteiger partial charge is 0.454 e. The molecular formula is C24H35N5O2. The number of H-pyrrole nitrogens is 1. The van der Waals surface area contributed by atoms with Crippen LogP contribution >= 0.6 is 0 Å². The van der Waals surface area contributed by atoms with Crippen molar-refractivity contribution in [3.05, 3.63) is 41.0 Å². The van der Waals surface area contributed by atoms with Crippen molar-refractivity contribution in [2.45, 2.75) is 52.2 Å². The molecule has 0 spiro atoms. The Hall–Kier alpha value is -2.09. The third-order valence-electron chi connectivity index (χ3n) is 6.99. The van der Waals surface area contributed by atoms with Gasteiger partial charge in [0.2, 0.25) is 6.79 Å². The second kappa shape index (κ2) is 9.18. The van der Waals surface area contributed by atoms with Gasteiger partial charge in [-0.05, 0) is 44.0 Å². The van der Waals surface area contributed by atoms with Crippen LogP contribution < -0.4 is 9.47 Å². The summed E-state index contributed by atoms with van der Waals surface area (Å²) in [6, 6.07) is 7.01. The minimum atomic E-state index is 0.343. The van der Waals surface area contributed by atoms with Crippen LogP contribution in [0.3, 0.4) is 0 Å². The van der Waals surface area contributed by atoms with E-state index in [9.17, 15) is 0 Å². The highest BCUT2D eigenvalue weighted by molar-refractivity contribution is 5.44. The van der Waals surface area contributed by atoms with Crippen molar-refractivity contribution in [2.75, 3.05) is 46.1 Å². The summed E-state index contributed by atoms with van der Waals surface area (Å²) in [7, 11) is 0. The molecule has 7 heteroatoms. The fourth-order valence-corrected chi connectivity index (χ4v) is 5.15. The van der Waals surface area contributed by atoms with E-state index in [1.807, 2.05) is 6.07 Å². The van der Waals surface area contributed by atoms with Gasteiger partial charge >= 0.3 is 0 Å². The smallest absolute Gasteiger partial charge is 0.231 e. The molecule has 1 aromatic carbocycles. The van der Waals surface area contributed by atoms with Crippen molar-refractivity contribution < 1.29 is 9.47 Å². The molecule has 2 fully saturated rings. The van der Waals surface area contributed by atoms with Crippen LogP contribution in [0.4, 0.5) is 0 Å². The standard InChI is InChI=1S/C24H35N5O2/c1-3-24-25-18(2)21(26-24)16-28-8-4-5-20(15-28)29-11-9-27(10-12-29)14-19-6-7-22-23(13-19)31-17-30-22/h6-7,13,20H,3-5,8-12,14-17H2,1-2H3,(H,25,26)/t20-/m0/s1. The van der Waals surface area contributed by atoms with Crippen molar-refractivity contribution in [3.8, 4) is 11.5 Å². The molecule has 1 aromatic heterocycles. The molecule has 2 saturated heterocycles. The number of likely N-dealkylation sites (tertiary alicyclic amines) is 1. The van der Waals surface area contributed by atoms with E-state index < -0.39 is 0 Å². The summed E-state index contributed by atoms with van der Waals surface area (Å²) >= 11 is 0. The van der Waals surface area contributed by atoms with E-state index in [1.165, 1.54) is 36.3 Å². The molecular weight excluding hydrogens is 390 g/mol. The monoisotopic (exact) mass is 425 g/mol. The number of aromatic nitrogens is 2. The van der Waals surface area contributed by atoms with Gasteiger partial charge in [0.1, 0.15) is 5.82 Å². The van der Waals surface area contributed by atoms with Crippen LogP contribution in [0.15, 0.2) is 18.2 Å². The van der Waals surface area contributed by atoms with Gasteiger partial charge in [0, 0.05) is 64.0 Å². The number of imidazole rings is 1. The molecule has 1 atom stereocenters. The summed E-state index contributed by atoms with van der Waals surface area (Å²) in [6.45, 7) is 13.5. The lowest BCUT2D eigenvalue weighted by molar-refractivity contribution is 0.0473. The highest BCUT2D eigenvalue weighted by Crippen LogP contribution is 2.33. The molecule has 2 aromatic rings. The van der Waals surface area contributed by atoms with Crippen molar-refractivity contribution in [1.82, 2.24) is 24.7 Å². The Morgan fingerprint density at radius 3 is 2.68 bits per heavy atom. The summed E-state index contributed by atoms with van der Waals surface area (Å²) in [5, 5.41) is 0. The van der Waals surface area contributed by atoms with E-state index in [0.717, 1.165) is 69.6 Å². The molecule has 0 unspecified atom stereocenters. The number of piperazine rings is 1. The van der Waals surface area contributed by atoms with E-state index >= 15 is 0 Å². The zero-order chi connectivity index (χ0) is 21.2. The van der Waals surface area contributed by atoms with Crippen LogP contribution in [0, 0.1) is 6.92 Å². The minimum Gasteiger partial charge on any atom is -0.454 e. The van der Waals surface area contributed by atoms with Gasteiger partial charge in [-0.3, -0.25) is 14.7 Å². The Morgan fingerprint density at radius 1 is 1.03 bits per heavy atom. The molecule has 1 N–H and O–H groups in total. The second-order valence-corrected chi connectivity index (χ2v) is 9.14. The summed E-state index contributed by atoms with van der Waals surface area (Å²) < 4.78 is 11.0. The van der Waals surface area contributed by atoms with Crippen molar-refractivity contribution in [2.24, 2.45) is 0 Å². The maximum atomic E-state index is 5.53. The van der Waals surface area contributed by atoms with Crippen LogP contribution in [0.2, 0.25) is 0 Å². The third-order valence-corrected chi connectivity index (χ3v) is 6.99. The summed E-state index contributed by atoms with van der Waals surface area (Å²) in [5.74, 6) is 2.86. The first kappa shape index (κ1) is 20.8. The molecule has 0 saturated carbocycles. The predicted molar refractivity (Wildman–Crippen MR) is 120 cm³/mol. The van der Waals surface area contributed by atoms with E-state index in [-0.39, 0.29) is 0 Å². The Bertz CT molecular complexity index is 890. The molecule has 0 radical (unpaired) electrons. The van der Waals surface area contributed by atoms with Crippen molar-refractivity contribution >= 4 is 0 Å². The first-order valence-corrected chi connectivity index (χ1v) is 11.8. The summed E-state index contributed by atoms with van der Waals surface area (Å²) in [5.41, 5.74) is 3.77. The van der Waals surface area contributed by atoms with Crippen molar-refractivity contribution in [3.63, 3.8) is 0 Å². The van der Waals surface area contributed by atoms with Gasteiger partial charge in [-0.1, -0.05) is 13.0 Å². The molecule has 0 bridgehead atoms. The van der Waals surface area contributed by atoms with Gasteiger partial charge < -0.3 is 14.5 Å². The zero-order valence-electron chi connectivity index (χ0n) is 18.9. The van der Waals surface area contributed by atoms with Crippen LogP contribution in [0.25, 0.3) is 0 Å². The molecule has 168 valence electrons. The molecule has 3 aliphatic heterocycles. The van der Waals surface area contributed by atoms with E-state index in [4.69, 9.17) is 14.5 Å². The minimum absolute atomic E-state index is 0.343. The average molecular weight is 426 g/mol. The normalized spacial score (nSPS) is 22.8. The molecule has 5 rings (SSSR count). The first-order chi connectivity index (χ1) is 15.2. The Balaban J connectivity index is 1.12. The summed E-state index contributed by atoms with van der Waals surface area (Å²) in [6.07, 6.45) is 3.57. The number of fused-ring (bicyclic) bond motifs is 1. The fraction of sp³-hybridized carbons (Fsp3) is 0.625. The van der Waals surface area contributed by atoms with Gasteiger partial charge in [-0.15, -0.1) is 0 Å². The number of hydrogen-bond acceptors (Lipinski definition) is 6.